The monoisotopic (exact) mass is 276 g/mol. The highest BCUT2D eigenvalue weighted by atomic mass is 16.6. The van der Waals surface area contributed by atoms with Crippen molar-refractivity contribution in [3.8, 4) is 0 Å². The van der Waals surface area contributed by atoms with Crippen molar-refractivity contribution < 1.29 is 14.3 Å². The molecule has 1 atom stereocenters. The van der Waals surface area contributed by atoms with E-state index in [1.807, 2.05) is 51.1 Å². The second kappa shape index (κ2) is 7.85. The first kappa shape index (κ1) is 16.4. The lowest BCUT2D eigenvalue weighted by Crippen LogP contribution is -2.27. The van der Waals surface area contributed by atoms with Gasteiger partial charge < -0.3 is 9.47 Å². The average Bonchev–Trinajstić information content (AvgIpc) is 2.35. The van der Waals surface area contributed by atoms with Gasteiger partial charge in [0, 0.05) is 0 Å². The highest BCUT2D eigenvalue weighted by Crippen LogP contribution is 2.14. The first-order chi connectivity index (χ1) is 9.40. The molecule has 0 aliphatic rings. The van der Waals surface area contributed by atoms with Gasteiger partial charge in [0.15, 0.2) is 0 Å². The van der Waals surface area contributed by atoms with Crippen LogP contribution < -0.4 is 0 Å². The standard InChI is InChI=1S/C17H24O3/c1-5-9-15(12-16(18)20-17(2,3)4)19-13-14-10-7-6-8-11-14/h5-8,10-11,15H,1,9,12-13H2,2-4H3. The summed E-state index contributed by atoms with van der Waals surface area (Å²) in [6, 6.07) is 9.90. The normalized spacial score (nSPS) is 12.8. The van der Waals surface area contributed by atoms with Gasteiger partial charge >= 0.3 is 5.97 Å². The topological polar surface area (TPSA) is 35.5 Å². The molecule has 0 heterocycles. The summed E-state index contributed by atoms with van der Waals surface area (Å²) in [6.45, 7) is 9.77. The summed E-state index contributed by atoms with van der Waals surface area (Å²) in [7, 11) is 0. The van der Waals surface area contributed by atoms with Crippen molar-refractivity contribution >= 4 is 5.97 Å². The zero-order chi connectivity index (χ0) is 15.0. The molecular formula is C17H24O3. The lowest BCUT2D eigenvalue weighted by Gasteiger charge is -2.22. The third-order valence-corrected chi connectivity index (χ3v) is 2.57. The molecule has 0 amide bonds. The summed E-state index contributed by atoms with van der Waals surface area (Å²) in [5.41, 5.74) is 0.626. The predicted octanol–water partition coefficient (Wildman–Crippen LogP) is 3.88. The Labute approximate surface area is 121 Å². The van der Waals surface area contributed by atoms with E-state index in [4.69, 9.17) is 9.47 Å². The van der Waals surface area contributed by atoms with Crippen LogP contribution in [0.1, 0.15) is 39.2 Å². The number of rotatable bonds is 7. The van der Waals surface area contributed by atoms with Crippen LogP contribution in [0.4, 0.5) is 0 Å². The average molecular weight is 276 g/mol. The second-order valence-corrected chi connectivity index (χ2v) is 5.73. The molecule has 1 aromatic carbocycles. The van der Waals surface area contributed by atoms with Crippen molar-refractivity contribution in [2.24, 2.45) is 0 Å². The van der Waals surface area contributed by atoms with Gasteiger partial charge in [-0.15, -0.1) is 6.58 Å². The molecule has 1 unspecified atom stereocenters. The van der Waals surface area contributed by atoms with Crippen LogP contribution in [0.5, 0.6) is 0 Å². The van der Waals surface area contributed by atoms with Gasteiger partial charge in [0.05, 0.1) is 19.1 Å². The Kier molecular flexibility index (Phi) is 6.46. The molecule has 0 aliphatic heterocycles. The van der Waals surface area contributed by atoms with Gasteiger partial charge in [-0.2, -0.15) is 0 Å². The van der Waals surface area contributed by atoms with Crippen LogP contribution in [0.3, 0.4) is 0 Å². The fourth-order valence-corrected chi connectivity index (χ4v) is 1.75. The minimum atomic E-state index is -0.463. The van der Waals surface area contributed by atoms with Crippen LogP contribution in [0.25, 0.3) is 0 Å². The molecule has 0 bridgehead atoms. The molecule has 0 saturated carbocycles. The molecule has 0 radical (unpaired) electrons. The van der Waals surface area contributed by atoms with Crippen molar-refractivity contribution in [1.82, 2.24) is 0 Å². The molecular weight excluding hydrogens is 252 g/mol. The zero-order valence-electron chi connectivity index (χ0n) is 12.6. The van der Waals surface area contributed by atoms with Gasteiger partial charge in [0.2, 0.25) is 0 Å². The van der Waals surface area contributed by atoms with Gasteiger partial charge in [-0.1, -0.05) is 36.4 Å². The van der Waals surface area contributed by atoms with Gasteiger partial charge in [0.1, 0.15) is 5.60 Å². The maximum atomic E-state index is 11.8. The smallest absolute Gasteiger partial charge is 0.308 e. The minimum Gasteiger partial charge on any atom is -0.460 e. The number of esters is 1. The van der Waals surface area contributed by atoms with E-state index in [1.54, 1.807) is 6.08 Å². The Morgan fingerprint density at radius 1 is 1.30 bits per heavy atom. The van der Waals surface area contributed by atoms with Crippen molar-refractivity contribution in [1.29, 1.82) is 0 Å². The molecule has 0 saturated heterocycles. The first-order valence-corrected chi connectivity index (χ1v) is 6.89. The second-order valence-electron chi connectivity index (χ2n) is 5.73. The lowest BCUT2D eigenvalue weighted by atomic mass is 10.1. The summed E-state index contributed by atoms with van der Waals surface area (Å²) in [6.07, 6.45) is 2.45. The molecule has 0 N–H and O–H groups in total. The highest BCUT2D eigenvalue weighted by molar-refractivity contribution is 5.70. The van der Waals surface area contributed by atoms with E-state index in [1.165, 1.54) is 0 Å². The van der Waals surface area contributed by atoms with E-state index < -0.39 is 5.60 Å². The Balaban J connectivity index is 2.48. The molecule has 3 nitrogen and oxygen atoms in total. The van der Waals surface area contributed by atoms with E-state index in [-0.39, 0.29) is 18.5 Å². The number of hydrogen-bond donors (Lipinski definition) is 0. The van der Waals surface area contributed by atoms with Crippen molar-refractivity contribution in [2.45, 2.75) is 51.9 Å². The number of hydrogen-bond acceptors (Lipinski definition) is 3. The van der Waals surface area contributed by atoms with Crippen LogP contribution in [-0.4, -0.2) is 17.7 Å². The molecule has 1 rings (SSSR count). The number of carbonyl (C=O) groups excluding carboxylic acids is 1. The molecule has 0 aliphatic carbocycles. The molecule has 20 heavy (non-hydrogen) atoms. The van der Waals surface area contributed by atoms with E-state index in [0.717, 1.165) is 5.56 Å². The number of benzene rings is 1. The van der Waals surface area contributed by atoms with Gasteiger partial charge in [-0.05, 0) is 32.8 Å². The van der Waals surface area contributed by atoms with Crippen molar-refractivity contribution in [3.05, 3.63) is 48.6 Å². The van der Waals surface area contributed by atoms with E-state index in [9.17, 15) is 4.79 Å². The maximum Gasteiger partial charge on any atom is 0.308 e. The summed E-state index contributed by atoms with van der Waals surface area (Å²) in [4.78, 5) is 11.8. The fraction of sp³-hybridized carbons (Fsp3) is 0.471. The number of ether oxygens (including phenoxy) is 2. The summed E-state index contributed by atoms with van der Waals surface area (Å²) >= 11 is 0. The van der Waals surface area contributed by atoms with Gasteiger partial charge in [0.25, 0.3) is 0 Å². The number of carbonyl (C=O) groups is 1. The fourth-order valence-electron chi connectivity index (χ4n) is 1.75. The molecule has 0 spiro atoms. The van der Waals surface area contributed by atoms with Crippen LogP contribution in [-0.2, 0) is 20.9 Å². The Hall–Kier alpha value is -1.61. The lowest BCUT2D eigenvalue weighted by molar-refractivity contribution is -0.158. The van der Waals surface area contributed by atoms with Crippen molar-refractivity contribution in [2.75, 3.05) is 0 Å². The van der Waals surface area contributed by atoms with Crippen LogP contribution in [0.15, 0.2) is 43.0 Å². The van der Waals surface area contributed by atoms with Crippen LogP contribution in [0.2, 0.25) is 0 Å². The third kappa shape index (κ3) is 7.10. The third-order valence-electron chi connectivity index (χ3n) is 2.57. The van der Waals surface area contributed by atoms with Crippen molar-refractivity contribution in [3.63, 3.8) is 0 Å². The Morgan fingerprint density at radius 2 is 1.95 bits per heavy atom. The largest absolute Gasteiger partial charge is 0.460 e. The molecule has 110 valence electrons. The van der Waals surface area contributed by atoms with Gasteiger partial charge in [-0.25, -0.2) is 0 Å². The molecule has 0 fully saturated rings. The Bertz CT molecular complexity index is 418. The molecule has 0 aromatic heterocycles. The highest BCUT2D eigenvalue weighted by Gasteiger charge is 2.20. The predicted molar refractivity (Wildman–Crippen MR) is 80.3 cm³/mol. The van der Waals surface area contributed by atoms with E-state index in [2.05, 4.69) is 6.58 Å². The quantitative estimate of drug-likeness (QED) is 0.560. The van der Waals surface area contributed by atoms with E-state index >= 15 is 0 Å². The van der Waals surface area contributed by atoms with Crippen LogP contribution in [0, 0.1) is 0 Å². The Morgan fingerprint density at radius 3 is 2.50 bits per heavy atom. The molecule has 1 aromatic rings. The zero-order valence-corrected chi connectivity index (χ0v) is 12.6. The van der Waals surface area contributed by atoms with E-state index in [0.29, 0.717) is 13.0 Å². The van der Waals surface area contributed by atoms with Gasteiger partial charge in [-0.3, -0.25) is 4.79 Å². The van der Waals surface area contributed by atoms with Crippen LogP contribution >= 0.6 is 0 Å². The SMILES string of the molecule is C=CCC(CC(=O)OC(C)(C)C)OCc1ccccc1. The minimum absolute atomic E-state index is 0.192. The summed E-state index contributed by atoms with van der Waals surface area (Å²) in [5.74, 6) is -0.239. The summed E-state index contributed by atoms with van der Waals surface area (Å²) < 4.78 is 11.1. The summed E-state index contributed by atoms with van der Waals surface area (Å²) in [5, 5.41) is 0. The first-order valence-electron chi connectivity index (χ1n) is 6.89. The maximum absolute atomic E-state index is 11.8. The molecule has 3 heteroatoms.